The lowest BCUT2D eigenvalue weighted by Gasteiger charge is -2.12. The van der Waals surface area contributed by atoms with Crippen LogP contribution in [0.25, 0.3) is 22.2 Å². The maximum Gasteiger partial charge on any atom is 0.258 e. The topological polar surface area (TPSA) is 70.7 Å². The minimum Gasteiger partial charge on any atom is -0.310 e. The number of fused-ring (bicyclic) bond motifs is 1. The Morgan fingerprint density at radius 1 is 1.00 bits per heavy atom. The van der Waals surface area contributed by atoms with E-state index in [9.17, 15) is 10.1 Å². The lowest BCUT2D eigenvalue weighted by molar-refractivity contribution is 0.102. The van der Waals surface area contributed by atoms with Crippen molar-refractivity contribution in [1.29, 1.82) is 5.26 Å². The summed E-state index contributed by atoms with van der Waals surface area (Å²) in [5.41, 5.74) is 4.30. The second kappa shape index (κ2) is 7.37. The molecule has 1 heterocycles. The Hall–Kier alpha value is -3.91. The van der Waals surface area contributed by atoms with Gasteiger partial charge >= 0.3 is 0 Å². The van der Waals surface area contributed by atoms with Crippen LogP contribution in [0.5, 0.6) is 0 Å². The molecule has 4 aromatic rings. The Labute approximate surface area is 162 Å². The van der Waals surface area contributed by atoms with Crippen molar-refractivity contribution in [3.63, 3.8) is 0 Å². The Kier molecular flexibility index (Phi) is 4.61. The van der Waals surface area contributed by atoms with Gasteiger partial charge in [-0.3, -0.25) is 10.1 Å². The number of nitrogens with zero attached hydrogens (tertiary/aromatic N) is 3. The molecule has 0 radical (unpaired) electrons. The minimum atomic E-state index is -0.256. The van der Waals surface area contributed by atoms with Crippen molar-refractivity contribution in [2.45, 2.75) is 13.5 Å². The molecule has 28 heavy (non-hydrogen) atoms. The number of nitrogens with one attached hydrogen (secondary N) is 1. The Morgan fingerprint density at radius 3 is 2.46 bits per heavy atom. The van der Waals surface area contributed by atoms with Crippen LogP contribution in [0.3, 0.4) is 0 Å². The summed E-state index contributed by atoms with van der Waals surface area (Å²) in [5, 5.41) is 12.4. The van der Waals surface area contributed by atoms with Gasteiger partial charge < -0.3 is 4.57 Å². The third-order valence-corrected chi connectivity index (χ3v) is 4.71. The van der Waals surface area contributed by atoms with Crippen molar-refractivity contribution in [1.82, 2.24) is 9.55 Å². The normalized spacial score (nSPS) is 10.6. The molecule has 1 aromatic heterocycles. The molecular weight excluding hydrogens is 348 g/mol. The first-order valence-corrected chi connectivity index (χ1v) is 9.08. The van der Waals surface area contributed by atoms with Crippen LogP contribution in [0.2, 0.25) is 0 Å². The molecule has 0 saturated carbocycles. The van der Waals surface area contributed by atoms with Crippen molar-refractivity contribution in [2.24, 2.45) is 0 Å². The van der Waals surface area contributed by atoms with Gasteiger partial charge in [0.25, 0.3) is 5.91 Å². The first-order chi connectivity index (χ1) is 13.7. The second-order valence-electron chi connectivity index (χ2n) is 6.33. The predicted octanol–water partition coefficient (Wildman–Crippen LogP) is 4.85. The van der Waals surface area contributed by atoms with Crippen molar-refractivity contribution in [2.75, 3.05) is 5.32 Å². The molecule has 1 N–H and O–H groups in total. The predicted molar refractivity (Wildman–Crippen MR) is 110 cm³/mol. The number of hydrogen-bond acceptors (Lipinski definition) is 3. The second-order valence-corrected chi connectivity index (χ2v) is 6.33. The van der Waals surface area contributed by atoms with E-state index in [2.05, 4.69) is 16.4 Å². The van der Waals surface area contributed by atoms with E-state index in [-0.39, 0.29) is 5.91 Å². The van der Waals surface area contributed by atoms with Crippen LogP contribution in [-0.2, 0) is 6.54 Å². The van der Waals surface area contributed by atoms with Crippen molar-refractivity contribution >= 4 is 22.9 Å². The number of carbonyl (C=O) groups is 1. The lowest BCUT2D eigenvalue weighted by atomic mass is 9.95. The maximum atomic E-state index is 13.1. The van der Waals surface area contributed by atoms with Gasteiger partial charge in [0, 0.05) is 17.7 Å². The summed E-state index contributed by atoms with van der Waals surface area (Å²) >= 11 is 0. The summed E-state index contributed by atoms with van der Waals surface area (Å²) in [6, 6.07) is 24.6. The minimum absolute atomic E-state index is 0.256. The van der Waals surface area contributed by atoms with Crippen molar-refractivity contribution in [3.8, 4) is 17.2 Å². The number of anilines is 1. The molecule has 5 heteroatoms. The van der Waals surface area contributed by atoms with E-state index in [1.165, 1.54) is 0 Å². The standard InChI is InChI=1S/C23H18N4O/c1-2-27-21-14-8-7-13-20(21)25-23(27)26-22(28)19-12-6-5-11-18(19)17-10-4-3-9-16(17)15-24/h3-14H,2H2,1H3,(H,25,26,28). The van der Waals surface area contributed by atoms with Gasteiger partial charge in [0.1, 0.15) is 0 Å². The number of nitriles is 1. The first kappa shape index (κ1) is 17.5. The molecule has 0 fully saturated rings. The molecule has 3 aromatic carbocycles. The summed E-state index contributed by atoms with van der Waals surface area (Å²) in [5.74, 6) is 0.255. The first-order valence-electron chi connectivity index (χ1n) is 9.08. The van der Waals surface area contributed by atoms with Gasteiger partial charge in [-0.05, 0) is 36.8 Å². The number of amides is 1. The highest BCUT2D eigenvalue weighted by atomic mass is 16.1. The number of aryl methyl sites for hydroxylation is 1. The van der Waals surface area contributed by atoms with E-state index in [1.807, 2.05) is 72.2 Å². The summed E-state index contributed by atoms with van der Waals surface area (Å²) in [4.78, 5) is 17.7. The van der Waals surface area contributed by atoms with Crippen LogP contribution in [0.15, 0.2) is 72.8 Å². The number of aromatic nitrogens is 2. The third kappa shape index (κ3) is 3.01. The number of carbonyl (C=O) groups excluding carboxylic acids is 1. The van der Waals surface area contributed by atoms with E-state index in [0.29, 0.717) is 23.6 Å². The number of rotatable bonds is 4. The van der Waals surface area contributed by atoms with Gasteiger partial charge in [0.15, 0.2) is 0 Å². The fourth-order valence-electron chi connectivity index (χ4n) is 3.39. The van der Waals surface area contributed by atoms with E-state index < -0.39 is 0 Å². The summed E-state index contributed by atoms with van der Waals surface area (Å²) in [6.07, 6.45) is 0. The van der Waals surface area contributed by atoms with E-state index in [1.54, 1.807) is 12.1 Å². The monoisotopic (exact) mass is 366 g/mol. The summed E-state index contributed by atoms with van der Waals surface area (Å²) < 4.78 is 1.97. The van der Waals surface area contributed by atoms with E-state index in [0.717, 1.165) is 22.2 Å². The molecule has 0 unspecified atom stereocenters. The van der Waals surface area contributed by atoms with Gasteiger partial charge in [0.2, 0.25) is 5.95 Å². The molecule has 5 nitrogen and oxygen atoms in total. The largest absolute Gasteiger partial charge is 0.310 e. The van der Waals surface area contributed by atoms with Crippen molar-refractivity contribution < 1.29 is 4.79 Å². The van der Waals surface area contributed by atoms with Crippen LogP contribution in [0, 0.1) is 11.3 Å². The number of hydrogen-bond donors (Lipinski definition) is 1. The smallest absolute Gasteiger partial charge is 0.258 e. The Morgan fingerprint density at radius 2 is 1.68 bits per heavy atom. The zero-order chi connectivity index (χ0) is 19.5. The Bertz CT molecular complexity index is 1220. The summed E-state index contributed by atoms with van der Waals surface area (Å²) in [6.45, 7) is 2.70. The van der Waals surface area contributed by atoms with Crippen molar-refractivity contribution in [3.05, 3.63) is 83.9 Å². The van der Waals surface area contributed by atoms with Gasteiger partial charge in [-0.15, -0.1) is 0 Å². The highest BCUT2D eigenvalue weighted by molar-refractivity contribution is 6.08. The molecule has 0 spiro atoms. The average molecular weight is 366 g/mol. The van der Waals surface area contributed by atoms with Gasteiger partial charge in [-0.2, -0.15) is 5.26 Å². The fraction of sp³-hybridized carbons (Fsp3) is 0.0870. The molecule has 4 rings (SSSR count). The molecule has 0 bridgehead atoms. The number of para-hydroxylation sites is 2. The zero-order valence-electron chi connectivity index (χ0n) is 15.4. The molecule has 1 amide bonds. The molecular formula is C23H18N4O. The van der Waals surface area contributed by atoms with Gasteiger partial charge in [-0.25, -0.2) is 4.98 Å². The number of imidazole rings is 1. The maximum absolute atomic E-state index is 13.1. The molecule has 0 saturated heterocycles. The molecule has 136 valence electrons. The van der Waals surface area contributed by atoms with Gasteiger partial charge in [-0.1, -0.05) is 48.5 Å². The highest BCUT2D eigenvalue weighted by Gasteiger charge is 2.17. The number of benzene rings is 3. The highest BCUT2D eigenvalue weighted by Crippen LogP contribution is 2.28. The summed E-state index contributed by atoms with van der Waals surface area (Å²) in [7, 11) is 0. The van der Waals surface area contributed by atoms with E-state index in [4.69, 9.17) is 0 Å². The fourth-order valence-corrected chi connectivity index (χ4v) is 3.39. The lowest BCUT2D eigenvalue weighted by Crippen LogP contribution is -2.16. The van der Waals surface area contributed by atoms with Gasteiger partial charge in [0.05, 0.1) is 22.7 Å². The third-order valence-electron chi connectivity index (χ3n) is 4.71. The van der Waals surface area contributed by atoms with Crippen LogP contribution in [0.1, 0.15) is 22.8 Å². The molecule has 0 aliphatic heterocycles. The zero-order valence-corrected chi connectivity index (χ0v) is 15.4. The quantitative estimate of drug-likeness (QED) is 0.561. The molecule has 0 atom stereocenters. The van der Waals surface area contributed by atoms with Crippen LogP contribution in [-0.4, -0.2) is 15.5 Å². The van der Waals surface area contributed by atoms with Crippen LogP contribution >= 0.6 is 0 Å². The average Bonchev–Trinajstić information content (AvgIpc) is 3.10. The van der Waals surface area contributed by atoms with E-state index >= 15 is 0 Å². The van der Waals surface area contributed by atoms with Crippen LogP contribution in [0.4, 0.5) is 5.95 Å². The Balaban J connectivity index is 1.76. The van der Waals surface area contributed by atoms with Crippen LogP contribution < -0.4 is 5.32 Å². The molecule has 0 aliphatic rings. The SMILES string of the molecule is CCn1c(NC(=O)c2ccccc2-c2ccccc2C#N)nc2ccccc21. The molecule has 0 aliphatic carbocycles.